The van der Waals surface area contributed by atoms with Gasteiger partial charge in [0.15, 0.2) is 0 Å². The second kappa shape index (κ2) is 16.7. The fraction of sp³-hybridized carbons (Fsp3) is 0.550. The van der Waals surface area contributed by atoms with E-state index in [4.69, 9.17) is 5.11 Å². The Balaban J connectivity index is 4.00. The third-order valence-corrected chi connectivity index (χ3v) is 3.56. The number of nitro groups is 1. The number of rotatable bonds is 15. The van der Waals surface area contributed by atoms with E-state index in [9.17, 15) is 14.9 Å². The Morgan fingerprint density at radius 2 is 1.60 bits per heavy atom. The number of hydrogen-bond acceptors (Lipinski definition) is 3. The highest BCUT2D eigenvalue weighted by molar-refractivity contribution is 5.66. The summed E-state index contributed by atoms with van der Waals surface area (Å²) in [6.45, 7) is 2.15. The maximum atomic E-state index is 11.0. The van der Waals surface area contributed by atoms with Gasteiger partial charge in [0.25, 0.3) is 0 Å². The molecule has 0 rings (SSSR count). The lowest BCUT2D eigenvalue weighted by atomic mass is 10.1. The van der Waals surface area contributed by atoms with Gasteiger partial charge in [-0.3, -0.25) is 14.9 Å². The Morgan fingerprint density at radius 1 is 0.960 bits per heavy atom. The van der Waals surface area contributed by atoms with Crippen LogP contribution in [0, 0.1) is 10.1 Å². The van der Waals surface area contributed by atoms with Crippen molar-refractivity contribution in [3.8, 4) is 0 Å². The highest BCUT2D eigenvalue weighted by atomic mass is 16.6. The highest BCUT2D eigenvalue weighted by Crippen LogP contribution is 2.08. The molecule has 0 aromatic heterocycles. The molecule has 0 spiro atoms. The van der Waals surface area contributed by atoms with Crippen LogP contribution in [0.25, 0.3) is 0 Å². The SMILES string of the molecule is CCCCCC=CCC(=CCC=CCC=CCCCC(=O)O)[N+](=O)[O-]. The van der Waals surface area contributed by atoms with E-state index < -0.39 is 5.97 Å². The largest absolute Gasteiger partial charge is 0.481 e. The summed E-state index contributed by atoms with van der Waals surface area (Å²) in [5.74, 6) is -0.766. The van der Waals surface area contributed by atoms with Crippen molar-refractivity contribution in [1.82, 2.24) is 0 Å². The number of allylic oxidation sites excluding steroid dienone is 7. The summed E-state index contributed by atoms with van der Waals surface area (Å²) in [5, 5.41) is 19.5. The molecular formula is C20H31NO4. The topological polar surface area (TPSA) is 80.4 Å². The fourth-order valence-corrected chi connectivity index (χ4v) is 2.13. The van der Waals surface area contributed by atoms with Gasteiger partial charge in [0.2, 0.25) is 5.70 Å². The first-order valence-corrected chi connectivity index (χ1v) is 9.08. The molecule has 0 amide bonds. The Morgan fingerprint density at radius 3 is 2.28 bits per heavy atom. The molecule has 5 heteroatoms. The van der Waals surface area contributed by atoms with E-state index in [1.54, 1.807) is 6.08 Å². The molecule has 0 aliphatic heterocycles. The number of nitrogens with zero attached hydrogens (tertiary/aromatic N) is 1. The molecule has 0 fully saturated rings. The second-order valence-corrected chi connectivity index (χ2v) is 5.82. The zero-order valence-electron chi connectivity index (χ0n) is 15.2. The van der Waals surface area contributed by atoms with E-state index in [1.807, 2.05) is 36.5 Å². The lowest BCUT2D eigenvalue weighted by molar-refractivity contribution is -0.427. The lowest BCUT2D eigenvalue weighted by Crippen LogP contribution is -1.97. The van der Waals surface area contributed by atoms with Crippen LogP contribution in [0.5, 0.6) is 0 Å². The van der Waals surface area contributed by atoms with Gasteiger partial charge in [0.05, 0.1) is 11.3 Å². The molecule has 1 N–H and O–H groups in total. The monoisotopic (exact) mass is 349 g/mol. The zero-order chi connectivity index (χ0) is 18.8. The van der Waals surface area contributed by atoms with Gasteiger partial charge in [-0.05, 0) is 44.6 Å². The van der Waals surface area contributed by atoms with Gasteiger partial charge in [-0.2, -0.15) is 0 Å². The summed E-state index contributed by atoms with van der Waals surface area (Å²) >= 11 is 0. The van der Waals surface area contributed by atoms with Crippen LogP contribution >= 0.6 is 0 Å². The summed E-state index contributed by atoms with van der Waals surface area (Å²) in [7, 11) is 0. The third kappa shape index (κ3) is 16.5. The van der Waals surface area contributed by atoms with Crippen molar-refractivity contribution in [2.75, 3.05) is 0 Å². The molecule has 0 heterocycles. The first kappa shape index (κ1) is 22.8. The van der Waals surface area contributed by atoms with Crippen LogP contribution in [0.3, 0.4) is 0 Å². The van der Waals surface area contributed by atoms with Gasteiger partial charge < -0.3 is 5.11 Å². The van der Waals surface area contributed by atoms with Crippen LogP contribution in [-0.4, -0.2) is 16.0 Å². The number of unbranched alkanes of at least 4 members (excludes halogenated alkanes) is 4. The molecule has 0 atom stereocenters. The Kier molecular flexibility index (Phi) is 15.2. The van der Waals surface area contributed by atoms with Crippen molar-refractivity contribution in [3.05, 3.63) is 58.3 Å². The van der Waals surface area contributed by atoms with Crippen LogP contribution in [0.15, 0.2) is 48.2 Å². The Bertz CT molecular complexity index is 490. The maximum Gasteiger partial charge on any atom is 0.303 e. The molecular weight excluding hydrogens is 318 g/mol. The standard InChI is InChI=1S/C20H31NO4/c1-2-3-4-5-10-13-16-19(21(24)25)17-14-11-8-6-7-9-12-15-18-20(22)23/h7-11,13,17H,2-6,12,14-16,18H2,1H3,(H,22,23). The maximum absolute atomic E-state index is 11.0. The van der Waals surface area contributed by atoms with Crippen molar-refractivity contribution < 1.29 is 14.8 Å². The van der Waals surface area contributed by atoms with Gasteiger partial charge in [0.1, 0.15) is 0 Å². The Hall–Kier alpha value is -2.17. The van der Waals surface area contributed by atoms with Crippen LogP contribution < -0.4 is 0 Å². The van der Waals surface area contributed by atoms with E-state index in [2.05, 4.69) is 6.92 Å². The van der Waals surface area contributed by atoms with Crippen LogP contribution in [0.2, 0.25) is 0 Å². The number of carbonyl (C=O) groups is 1. The van der Waals surface area contributed by atoms with Crippen LogP contribution in [-0.2, 0) is 4.79 Å². The normalized spacial score (nSPS) is 12.6. The molecule has 0 aromatic rings. The third-order valence-electron chi connectivity index (χ3n) is 3.56. The van der Waals surface area contributed by atoms with E-state index in [0.717, 1.165) is 25.7 Å². The van der Waals surface area contributed by atoms with Gasteiger partial charge in [-0.15, -0.1) is 0 Å². The minimum Gasteiger partial charge on any atom is -0.481 e. The minimum absolute atomic E-state index is 0.196. The number of aliphatic carboxylic acids is 1. The van der Waals surface area contributed by atoms with Crippen molar-refractivity contribution in [3.63, 3.8) is 0 Å². The molecule has 0 aromatic carbocycles. The quantitative estimate of drug-likeness (QED) is 0.175. The lowest BCUT2D eigenvalue weighted by Gasteiger charge is -1.94. The number of hydrogen-bond donors (Lipinski definition) is 1. The minimum atomic E-state index is -0.766. The van der Waals surface area contributed by atoms with Gasteiger partial charge in [-0.25, -0.2) is 0 Å². The van der Waals surface area contributed by atoms with Crippen molar-refractivity contribution >= 4 is 5.97 Å². The average molecular weight is 349 g/mol. The van der Waals surface area contributed by atoms with Crippen LogP contribution in [0.4, 0.5) is 0 Å². The van der Waals surface area contributed by atoms with E-state index in [1.165, 1.54) is 12.8 Å². The van der Waals surface area contributed by atoms with Gasteiger partial charge >= 0.3 is 5.97 Å². The van der Waals surface area contributed by atoms with Crippen LogP contribution in [0.1, 0.15) is 71.1 Å². The smallest absolute Gasteiger partial charge is 0.303 e. The molecule has 0 saturated carbocycles. The highest BCUT2D eigenvalue weighted by Gasteiger charge is 2.06. The summed E-state index contributed by atoms with van der Waals surface area (Å²) in [6, 6.07) is 0. The summed E-state index contributed by atoms with van der Waals surface area (Å²) < 4.78 is 0. The van der Waals surface area contributed by atoms with Gasteiger partial charge in [-0.1, -0.05) is 56.2 Å². The molecule has 140 valence electrons. The summed E-state index contributed by atoms with van der Waals surface area (Å²) in [5.41, 5.74) is 0.237. The first-order chi connectivity index (χ1) is 12.1. The zero-order valence-corrected chi connectivity index (χ0v) is 15.2. The van der Waals surface area contributed by atoms with E-state index in [-0.39, 0.29) is 17.0 Å². The van der Waals surface area contributed by atoms with E-state index in [0.29, 0.717) is 19.3 Å². The predicted octanol–water partition coefficient (Wildman–Crippen LogP) is 5.82. The average Bonchev–Trinajstić information content (AvgIpc) is 2.57. The number of carboxylic acids is 1. The predicted molar refractivity (Wildman–Crippen MR) is 102 cm³/mol. The summed E-state index contributed by atoms with van der Waals surface area (Å²) in [6.07, 6.45) is 21.2. The first-order valence-electron chi connectivity index (χ1n) is 9.08. The second-order valence-electron chi connectivity index (χ2n) is 5.82. The van der Waals surface area contributed by atoms with Gasteiger partial charge in [0, 0.05) is 6.42 Å². The van der Waals surface area contributed by atoms with Crippen molar-refractivity contribution in [2.45, 2.75) is 71.1 Å². The molecule has 25 heavy (non-hydrogen) atoms. The molecule has 0 unspecified atom stereocenters. The number of carboxylic acid groups (broad SMARTS) is 1. The molecule has 0 radical (unpaired) electrons. The van der Waals surface area contributed by atoms with Crippen molar-refractivity contribution in [2.24, 2.45) is 0 Å². The molecule has 5 nitrogen and oxygen atoms in total. The summed E-state index contributed by atoms with van der Waals surface area (Å²) in [4.78, 5) is 21.0. The van der Waals surface area contributed by atoms with Crippen molar-refractivity contribution in [1.29, 1.82) is 0 Å². The Labute approximate surface area is 151 Å². The fourth-order valence-electron chi connectivity index (χ4n) is 2.13. The molecule has 0 saturated heterocycles. The molecule has 0 aliphatic rings. The molecule has 0 bridgehead atoms. The van der Waals surface area contributed by atoms with E-state index >= 15 is 0 Å². The molecule has 0 aliphatic carbocycles.